The molecule has 2 N–H and O–H groups in total. The molecular formula is C14H27N3O. The van der Waals surface area contributed by atoms with E-state index in [0.717, 1.165) is 12.2 Å². The number of aromatic nitrogens is 2. The van der Waals surface area contributed by atoms with Crippen LogP contribution in [0.1, 0.15) is 51.2 Å². The summed E-state index contributed by atoms with van der Waals surface area (Å²) in [5.41, 5.74) is 6.85. The summed E-state index contributed by atoms with van der Waals surface area (Å²) >= 11 is 0. The largest absolute Gasteiger partial charge is 0.372 e. The van der Waals surface area contributed by atoms with Crippen LogP contribution in [-0.4, -0.2) is 22.9 Å². The smallest absolute Gasteiger partial charge is 0.0977 e. The molecule has 2 atom stereocenters. The zero-order valence-corrected chi connectivity index (χ0v) is 11.9. The fourth-order valence-electron chi connectivity index (χ4n) is 2.06. The van der Waals surface area contributed by atoms with Crippen LogP contribution in [0.4, 0.5) is 0 Å². The Balaban J connectivity index is 2.43. The second kappa shape index (κ2) is 8.27. The predicted octanol–water partition coefficient (Wildman–Crippen LogP) is 2.65. The van der Waals surface area contributed by atoms with Crippen LogP contribution in [0.25, 0.3) is 0 Å². The Labute approximate surface area is 111 Å². The molecule has 2 unspecified atom stereocenters. The predicted molar refractivity (Wildman–Crippen MR) is 74.3 cm³/mol. The molecule has 0 saturated carbocycles. The Kier molecular flexibility index (Phi) is 6.98. The molecule has 0 aliphatic carbocycles. The first-order chi connectivity index (χ1) is 8.71. The number of rotatable bonds is 9. The van der Waals surface area contributed by atoms with E-state index < -0.39 is 0 Å². The third kappa shape index (κ3) is 4.78. The van der Waals surface area contributed by atoms with Gasteiger partial charge in [-0.15, -0.1) is 0 Å². The van der Waals surface area contributed by atoms with E-state index in [4.69, 9.17) is 10.5 Å². The van der Waals surface area contributed by atoms with E-state index in [0.29, 0.717) is 12.5 Å². The monoisotopic (exact) mass is 253 g/mol. The van der Waals surface area contributed by atoms with E-state index in [1.807, 2.05) is 19.4 Å². The molecular weight excluding hydrogens is 226 g/mol. The van der Waals surface area contributed by atoms with Crippen LogP contribution in [0.3, 0.4) is 0 Å². The topological polar surface area (TPSA) is 53.1 Å². The maximum Gasteiger partial charge on any atom is 0.0977 e. The average Bonchev–Trinajstić information content (AvgIpc) is 2.80. The standard InChI is InChI=1S/C14H27N3O/c1-4-6-7-12(5-2)11-18-14(8-15)13-9-16-17(3)10-13/h9-10,12,14H,4-8,11,15H2,1-3H3. The third-order valence-electron chi connectivity index (χ3n) is 3.39. The van der Waals surface area contributed by atoms with Crippen molar-refractivity contribution in [2.75, 3.05) is 13.2 Å². The molecule has 104 valence electrons. The third-order valence-corrected chi connectivity index (χ3v) is 3.39. The van der Waals surface area contributed by atoms with Gasteiger partial charge in [-0.1, -0.05) is 33.1 Å². The van der Waals surface area contributed by atoms with E-state index >= 15 is 0 Å². The van der Waals surface area contributed by atoms with Crippen LogP contribution >= 0.6 is 0 Å². The van der Waals surface area contributed by atoms with Crippen LogP contribution in [0.15, 0.2) is 12.4 Å². The van der Waals surface area contributed by atoms with E-state index in [9.17, 15) is 0 Å². The Morgan fingerprint density at radius 3 is 2.72 bits per heavy atom. The molecule has 18 heavy (non-hydrogen) atoms. The number of nitrogens with two attached hydrogens (primary N) is 1. The Bertz CT molecular complexity index is 325. The second-order valence-corrected chi connectivity index (χ2v) is 4.92. The first-order valence-electron chi connectivity index (χ1n) is 7.01. The van der Waals surface area contributed by atoms with Crippen molar-refractivity contribution in [1.29, 1.82) is 0 Å². The Hall–Kier alpha value is -0.870. The highest BCUT2D eigenvalue weighted by Crippen LogP contribution is 2.19. The lowest BCUT2D eigenvalue weighted by Gasteiger charge is -2.19. The van der Waals surface area contributed by atoms with Gasteiger partial charge >= 0.3 is 0 Å². The van der Waals surface area contributed by atoms with Gasteiger partial charge in [-0.25, -0.2) is 0 Å². The maximum absolute atomic E-state index is 5.96. The van der Waals surface area contributed by atoms with Crippen LogP contribution in [0.5, 0.6) is 0 Å². The van der Waals surface area contributed by atoms with Gasteiger partial charge in [0, 0.05) is 25.4 Å². The van der Waals surface area contributed by atoms with Crippen molar-refractivity contribution in [3.8, 4) is 0 Å². The van der Waals surface area contributed by atoms with E-state index in [2.05, 4.69) is 18.9 Å². The molecule has 0 aliphatic heterocycles. The summed E-state index contributed by atoms with van der Waals surface area (Å²) in [7, 11) is 1.91. The fraction of sp³-hybridized carbons (Fsp3) is 0.786. The molecule has 4 heteroatoms. The molecule has 0 aliphatic rings. The fourth-order valence-corrected chi connectivity index (χ4v) is 2.06. The van der Waals surface area contributed by atoms with Crippen molar-refractivity contribution in [1.82, 2.24) is 9.78 Å². The minimum atomic E-state index is -0.0191. The van der Waals surface area contributed by atoms with E-state index in [1.54, 1.807) is 4.68 Å². The summed E-state index contributed by atoms with van der Waals surface area (Å²) in [6, 6.07) is 0. The van der Waals surface area contributed by atoms with Crippen molar-refractivity contribution in [2.24, 2.45) is 18.7 Å². The molecule has 0 bridgehead atoms. The van der Waals surface area contributed by atoms with Crippen LogP contribution < -0.4 is 5.73 Å². The van der Waals surface area contributed by atoms with Crippen molar-refractivity contribution in [3.05, 3.63) is 18.0 Å². The minimum Gasteiger partial charge on any atom is -0.372 e. The van der Waals surface area contributed by atoms with Crippen LogP contribution in [0.2, 0.25) is 0 Å². The van der Waals surface area contributed by atoms with Gasteiger partial charge in [0.15, 0.2) is 0 Å². The zero-order valence-electron chi connectivity index (χ0n) is 11.9. The van der Waals surface area contributed by atoms with Crippen LogP contribution in [0, 0.1) is 5.92 Å². The molecule has 0 saturated heterocycles. The number of unbranched alkanes of at least 4 members (excludes halogenated alkanes) is 1. The zero-order chi connectivity index (χ0) is 13.4. The van der Waals surface area contributed by atoms with Gasteiger partial charge in [0.2, 0.25) is 0 Å². The maximum atomic E-state index is 5.96. The van der Waals surface area contributed by atoms with Gasteiger partial charge in [-0.05, 0) is 12.3 Å². The number of aryl methyl sites for hydroxylation is 1. The molecule has 0 radical (unpaired) electrons. The number of ether oxygens (including phenoxy) is 1. The van der Waals surface area contributed by atoms with Gasteiger partial charge in [-0.3, -0.25) is 4.68 Å². The van der Waals surface area contributed by atoms with Gasteiger partial charge in [0.25, 0.3) is 0 Å². The van der Waals surface area contributed by atoms with Crippen molar-refractivity contribution in [2.45, 2.75) is 45.6 Å². The highest BCUT2D eigenvalue weighted by Gasteiger charge is 2.14. The van der Waals surface area contributed by atoms with Crippen molar-refractivity contribution >= 4 is 0 Å². The summed E-state index contributed by atoms with van der Waals surface area (Å²) in [5.74, 6) is 0.649. The average molecular weight is 253 g/mol. The number of nitrogens with zero attached hydrogens (tertiary/aromatic N) is 2. The Morgan fingerprint density at radius 2 is 2.22 bits per heavy atom. The van der Waals surface area contributed by atoms with Gasteiger partial charge in [-0.2, -0.15) is 5.10 Å². The molecule has 1 rings (SSSR count). The summed E-state index contributed by atoms with van der Waals surface area (Å²) in [6.07, 6.45) is 8.74. The van der Waals surface area contributed by atoms with Gasteiger partial charge < -0.3 is 10.5 Å². The van der Waals surface area contributed by atoms with E-state index in [-0.39, 0.29) is 6.10 Å². The molecule has 0 aromatic carbocycles. The molecule has 1 heterocycles. The second-order valence-electron chi connectivity index (χ2n) is 4.92. The SMILES string of the molecule is CCCCC(CC)COC(CN)c1cnn(C)c1. The summed E-state index contributed by atoms with van der Waals surface area (Å²) in [6.45, 7) is 5.76. The molecule has 1 aromatic rings. The highest BCUT2D eigenvalue weighted by molar-refractivity contribution is 5.08. The summed E-state index contributed by atoms with van der Waals surface area (Å²) in [4.78, 5) is 0. The minimum absolute atomic E-state index is 0.0191. The normalized spacial score (nSPS) is 14.7. The van der Waals surface area contributed by atoms with Crippen molar-refractivity contribution in [3.63, 3.8) is 0 Å². The quantitative estimate of drug-likeness (QED) is 0.736. The van der Waals surface area contributed by atoms with E-state index in [1.165, 1.54) is 25.7 Å². The highest BCUT2D eigenvalue weighted by atomic mass is 16.5. The summed E-state index contributed by atoms with van der Waals surface area (Å²) in [5, 5.41) is 4.16. The first-order valence-corrected chi connectivity index (χ1v) is 7.01. The lowest BCUT2D eigenvalue weighted by atomic mass is 10.0. The molecule has 0 spiro atoms. The Morgan fingerprint density at radius 1 is 1.44 bits per heavy atom. The van der Waals surface area contributed by atoms with Crippen molar-refractivity contribution < 1.29 is 4.74 Å². The van der Waals surface area contributed by atoms with Gasteiger partial charge in [0.1, 0.15) is 0 Å². The first kappa shape index (κ1) is 15.2. The van der Waals surface area contributed by atoms with Crippen LogP contribution in [-0.2, 0) is 11.8 Å². The van der Waals surface area contributed by atoms with Gasteiger partial charge in [0.05, 0.1) is 18.9 Å². The summed E-state index contributed by atoms with van der Waals surface area (Å²) < 4.78 is 7.75. The molecule has 1 aromatic heterocycles. The molecule has 0 fully saturated rings. The molecule has 0 amide bonds. The molecule has 4 nitrogen and oxygen atoms in total. The number of hydrogen-bond acceptors (Lipinski definition) is 3. The lowest BCUT2D eigenvalue weighted by molar-refractivity contribution is 0.0299. The number of hydrogen-bond donors (Lipinski definition) is 1. The lowest BCUT2D eigenvalue weighted by Crippen LogP contribution is -2.19.